The van der Waals surface area contributed by atoms with Crippen LogP contribution in [0.25, 0.3) is 0 Å². The number of rotatable bonds is 5. The first kappa shape index (κ1) is 18.6. The lowest BCUT2D eigenvalue weighted by Crippen LogP contribution is -2.47. The van der Waals surface area contributed by atoms with Crippen LogP contribution in [0.5, 0.6) is 0 Å². The molecule has 146 valence electrons. The van der Waals surface area contributed by atoms with Crippen molar-refractivity contribution in [2.45, 2.75) is 11.1 Å². The lowest BCUT2D eigenvalue weighted by molar-refractivity contribution is 0.603. The molecule has 8 nitrogen and oxygen atoms in total. The average molecular weight is 417 g/mol. The Balaban J connectivity index is 1.39. The van der Waals surface area contributed by atoms with Gasteiger partial charge >= 0.3 is 0 Å². The zero-order chi connectivity index (χ0) is 19.6. The minimum atomic E-state index is -3.61. The zero-order valence-corrected chi connectivity index (χ0v) is 16.9. The highest BCUT2D eigenvalue weighted by molar-refractivity contribution is 7.94. The van der Waals surface area contributed by atoms with Crippen molar-refractivity contribution in [1.82, 2.24) is 15.0 Å². The summed E-state index contributed by atoms with van der Waals surface area (Å²) in [6, 6.07) is 9.27. The molecular weight excluding hydrogens is 396 g/mol. The Morgan fingerprint density at radius 2 is 1.68 bits per heavy atom. The Morgan fingerprint density at radius 3 is 2.29 bits per heavy atom. The van der Waals surface area contributed by atoms with Crippen molar-refractivity contribution in [3.63, 3.8) is 0 Å². The number of nitrogens with zero attached hydrogens (tertiary/aromatic N) is 5. The summed E-state index contributed by atoms with van der Waals surface area (Å²) >= 11 is 1.23. The Labute approximate surface area is 167 Å². The lowest BCUT2D eigenvalue weighted by Gasteiger charge is -2.35. The van der Waals surface area contributed by atoms with Crippen LogP contribution >= 0.6 is 11.3 Å². The number of anilines is 3. The molecule has 1 aliphatic rings. The van der Waals surface area contributed by atoms with Gasteiger partial charge in [-0.15, -0.1) is 11.3 Å². The second-order valence-electron chi connectivity index (χ2n) is 6.40. The topological polar surface area (TPSA) is 91.3 Å². The van der Waals surface area contributed by atoms with E-state index < -0.39 is 10.0 Å². The quantitative estimate of drug-likeness (QED) is 0.683. The van der Waals surface area contributed by atoms with Gasteiger partial charge in [0.1, 0.15) is 10.0 Å². The third-order valence-electron chi connectivity index (χ3n) is 4.41. The fraction of sp³-hybridized carbons (Fsp3) is 0.278. The number of pyridine rings is 1. The molecule has 1 saturated heterocycles. The summed E-state index contributed by atoms with van der Waals surface area (Å²) in [5, 5.41) is 0. The maximum absolute atomic E-state index is 12.4. The standard InChI is InChI=1S/C18H20N6O2S2/c1-14-5-6-17(27-14)28(25,26)22-15-12-20-18(21-13-15)24-10-8-23(9-11-24)16-4-2-3-7-19-16/h2-7,12-13,22H,8-11H2,1H3. The summed E-state index contributed by atoms with van der Waals surface area (Å²) in [4.78, 5) is 18.3. The molecule has 1 N–H and O–H groups in total. The van der Waals surface area contributed by atoms with Crippen LogP contribution in [0.1, 0.15) is 4.88 Å². The van der Waals surface area contributed by atoms with Crippen LogP contribution < -0.4 is 14.5 Å². The molecule has 3 aromatic rings. The van der Waals surface area contributed by atoms with Crippen LogP contribution in [0.2, 0.25) is 0 Å². The number of thiophene rings is 1. The summed E-state index contributed by atoms with van der Waals surface area (Å²) in [5.41, 5.74) is 0.349. The Hall–Kier alpha value is -2.72. The fourth-order valence-electron chi connectivity index (χ4n) is 2.98. The second kappa shape index (κ2) is 7.72. The van der Waals surface area contributed by atoms with Crippen LogP contribution in [-0.2, 0) is 10.0 Å². The van der Waals surface area contributed by atoms with E-state index in [9.17, 15) is 8.42 Å². The molecule has 4 rings (SSSR count). The average Bonchev–Trinajstić information content (AvgIpc) is 3.17. The van der Waals surface area contributed by atoms with Gasteiger partial charge in [0, 0.05) is 37.3 Å². The van der Waals surface area contributed by atoms with Gasteiger partial charge in [0.25, 0.3) is 10.0 Å². The van der Waals surface area contributed by atoms with E-state index in [1.165, 1.54) is 23.7 Å². The summed E-state index contributed by atoms with van der Waals surface area (Å²) in [5.74, 6) is 1.56. The normalized spacial score (nSPS) is 14.9. The van der Waals surface area contributed by atoms with Crippen LogP contribution in [0.15, 0.2) is 53.1 Å². The third-order valence-corrected chi connectivity index (χ3v) is 7.28. The summed E-state index contributed by atoms with van der Waals surface area (Å²) < 4.78 is 27.6. The maximum Gasteiger partial charge on any atom is 0.271 e. The van der Waals surface area contributed by atoms with Crippen molar-refractivity contribution in [2.24, 2.45) is 0 Å². The van der Waals surface area contributed by atoms with E-state index in [2.05, 4.69) is 29.5 Å². The van der Waals surface area contributed by atoms with Gasteiger partial charge < -0.3 is 9.80 Å². The third kappa shape index (κ3) is 4.07. The predicted octanol–water partition coefficient (Wildman–Crippen LogP) is 2.37. The van der Waals surface area contributed by atoms with Crippen molar-refractivity contribution in [1.29, 1.82) is 0 Å². The van der Waals surface area contributed by atoms with Gasteiger partial charge in [0.05, 0.1) is 18.1 Å². The number of aryl methyl sites for hydroxylation is 1. The Kier molecular flexibility index (Phi) is 5.14. The first-order valence-corrected chi connectivity index (χ1v) is 11.1. The molecule has 0 radical (unpaired) electrons. The van der Waals surface area contributed by atoms with E-state index in [-0.39, 0.29) is 4.21 Å². The molecule has 0 aromatic carbocycles. The molecule has 3 aromatic heterocycles. The number of nitrogens with one attached hydrogen (secondary N) is 1. The molecule has 0 atom stereocenters. The smallest absolute Gasteiger partial charge is 0.271 e. The minimum Gasteiger partial charge on any atom is -0.353 e. The van der Waals surface area contributed by atoms with E-state index >= 15 is 0 Å². The van der Waals surface area contributed by atoms with E-state index in [4.69, 9.17) is 0 Å². The van der Waals surface area contributed by atoms with Gasteiger partial charge in [-0.1, -0.05) is 6.07 Å². The van der Waals surface area contributed by atoms with Crippen LogP contribution in [0, 0.1) is 6.92 Å². The number of hydrogen-bond donors (Lipinski definition) is 1. The molecular formula is C18H20N6O2S2. The Bertz CT molecular complexity index is 1030. The highest BCUT2D eigenvalue weighted by Gasteiger charge is 2.21. The fourth-order valence-corrected chi connectivity index (χ4v) is 5.29. The largest absolute Gasteiger partial charge is 0.353 e. The first-order chi connectivity index (χ1) is 13.5. The summed E-state index contributed by atoms with van der Waals surface area (Å²) in [6.45, 7) is 5.07. The van der Waals surface area contributed by atoms with Gasteiger partial charge in [-0.2, -0.15) is 0 Å². The zero-order valence-electron chi connectivity index (χ0n) is 15.3. The van der Waals surface area contributed by atoms with E-state index in [1.807, 2.05) is 25.1 Å². The molecule has 0 saturated carbocycles. The molecule has 10 heteroatoms. The number of aromatic nitrogens is 3. The van der Waals surface area contributed by atoms with Crippen LogP contribution in [0.4, 0.5) is 17.5 Å². The SMILES string of the molecule is Cc1ccc(S(=O)(=O)Nc2cnc(N3CCN(c4ccccn4)CC3)nc2)s1. The number of hydrogen-bond acceptors (Lipinski definition) is 8. The summed E-state index contributed by atoms with van der Waals surface area (Å²) in [6.07, 6.45) is 4.80. The number of sulfonamides is 1. The van der Waals surface area contributed by atoms with Crippen molar-refractivity contribution >= 4 is 38.8 Å². The van der Waals surface area contributed by atoms with Gasteiger partial charge in [0.2, 0.25) is 5.95 Å². The minimum absolute atomic E-state index is 0.278. The molecule has 4 heterocycles. The second-order valence-corrected chi connectivity index (χ2v) is 9.60. The summed E-state index contributed by atoms with van der Waals surface area (Å²) in [7, 11) is -3.61. The maximum atomic E-state index is 12.4. The van der Waals surface area contributed by atoms with E-state index in [0.717, 1.165) is 36.9 Å². The number of piperazine rings is 1. The van der Waals surface area contributed by atoms with E-state index in [1.54, 1.807) is 18.3 Å². The van der Waals surface area contributed by atoms with Gasteiger partial charge in [-0.3, -0.25) is 4.72 Å². The molecule has 1 fully saturated rings. The predicted molar refractivity (Wildman–Crippen MR) is 111 cm³/mol. The van der Waals surface area contributed by atoms with Crippen molar-refractivity contribution in [2.75, 3.05) is 40.7 Å². The monoisotopic (exact) mass is 416 g/mol. The molecule has 0 bridgehead atoms. The molecule has 0 spiro atoms. The molecule has 0 unspecified atom stereocenters. The highest BCUT2D eigenvalue weighted by atomic mass is 32.2. The van der Waals surface area contributed by atoms with E-state index in [0.29, 0.717) is 11.6 Å². The van der Waals surface area contributed by atoms with Crippen LogP contribution in [-0.4, -0.2) is 49.5 Å². The van der Waals surface area contributed by atoms with Gasteiger partial charge in [-0.25, -0.2) is 23.4 Å². The first-order valence-electron chi connectivity index (χ1n) is 8.83. The van der Waals surface area contributed by atoms with Crippen molar-refractivity contribution in [3.8, 4) is 0 Å². The molecule has 28 heavy (non-hydrogen) atoms. The van der Waals surface area contributed by atoms with Crippen molar-refractivity contribution < 1.29 is 8.42 Å². The molecule has 0 aliphatic carbocycles. The van der Waals surface area contributed by atoms with Gasteiger partial charge in [0.15, 0.2) is 0 Å². The van der Waals surface area contributed by atoms with Crippen LogP contribution in [0.3, 0.4) is 0 Å². The van der Waals surface area contributed by atoms with Crippen molar-refractivity contribution in [3.05, 3.63) is 53.8 Å². The molecule has 1 aliphatic heterocycles. The Morgan fingerprint density at radius 1 is 0.964 bits per heavy atom. The van der Waals surface area contributed by atoms with Gasteiger partial charge in [-0.05, 0) is 31.2 Å². The lowest BCUT2D eigenvalue weighted by atomic mass is 10.3. The molecule has 0 amide bonds. The highest BCUT2D eigenvalue weighted by Crippen LogP contribution is 2.23.